The fourth-order valence-corrected chi connectivity index (χ4v) is 1.48. The molecule has 1 rings (SSSR count). The van der Waals surface area contributed by atoms with Crippen molar-refractivity contribution in [3.8, 4) is 5.75 Å². The fourth-order valence-electron chi connectivity index (χ4n) is 0.967. The van der Waals surface area contributed by atoms with Gasteiger partial charge < -0.3 is 10.8 Å². The molecule has 0 spiro atoms. The second-order valence-corrected chi connectivity index (χ2v) is 3.43. The number of hydrogen-bond acceptors (Lipinski definition) is 2. The molecule has 0 amide bonds. The van der Waals surface area contributed by atoms with Crippen LogP contribution in [0.4, 0.5) is 0 Å². The van der Waals surface area contributed by atoms with Crippen LogP contribution in [0.2, 0.25) is 10.0 Å². The molecule has 70 valence electrons. The minimum absolute atomic E-state index is 0.0431. The Morgan fingerprint density at radius 2 is 2.08 bits per heavy atom. The quantitative estimate of drug-likeness (QED) is 0.749. The second-order valence-electron chi connectivity index (χ2n) is 2.59. The van der Waals surface area contributed by atoms with Crippen molar-refractivity contribution in [2.75, 3.05) is 0 Å². The van der Waals surface area contributed by atoms with Crippen molar-refractivity contribution in [2.45, 2.75) is 6.04 Å². The molecule has 1 atom stereocenters. The number of rotatable bonds is 2. The topological polar surface area (TPSA) is 46.2 Å². The molecule has 0 heterocycles. The first-order valence-electron chi connectivity index (χ1n) is 3.62. The summed E-state index contributed by atoms with van der Waals surface area (Å²) < 4.78 is 0. The van der Waals surface area contributed by atoms with Crippen LogP contribution < -0.4 is 5.73 Å². The second kappa shape index (κ2) is 4.01. The minimum atomic E-state index is -0.462. The average molecular weight is 218 g/mol. The summed E-state index contributed by atoms with van der Waals surface area (Å²) in [6, 6.07) is 2.56. The van der Waals surface area contributed by atoms with Crippen molar-refractivity contribution in [3.05, 3.63) is 40.4 Å². The van der Waals surface area contributed by atoms with E-state index in [4.69, 9.17) is 28.9 Å². The maximum absolute atomic E-state index is 9.51. The third kappa shape index (κ3) is 2.15. The zero-order chi connectivity index (χ0) is 10.0. The lowest BCUT2D eigenvalue weighted by molar-refractivity contribution is 0.466. The molecule has 0 saturated carbocycles. The molecule has 0 aliphatic carbocycles. The van der Waals surface area contributed by atoms with E-state index in [9.17, 15) is 5.11 Å². The maximum Gasteiger partial charge on any atom is 0.139 e. The predicted molar refractivity (Wildman–Crippen MR) is 55.3 cm³/mol. The van der Waals surface area contributed by atoms with E-state index in [1.807, 2.05) is 0 Å². The van der Waals surface area contributed by atoms with Crippen molar-refractivity contribution in [1.82, 2.24) is 0 Å². The van der Waals surface area contributed by atoms with E-state index in [1.165, 1.54) is 12.1 Å². The van der Waals surface area contributed by atoms with Gasteiger partial charge in [0.1, 0.15) is 5.75 Å². The number of phenols is 1. The highest BCUT2D eigenvalue weighted by atomic mass is 35.5. The first kappa shape index (κ1) is 10.4. The molecule has 0 aromatic heterocycles. The first-order chi connectivity index (χ1) is 6.06. The summed E-state index contributed by atoms with van der Waals surface area (Å²) in [5, 5.41) is 10.1. The molecule has 1 aromatic rings. The van der Waals surface area contributed by atoms with Crippen molar-refractivity contribution >= 4 is 23.2 Å². The largest absolute Gasteiger partial charge is 0.506 e. The highest BCUT2D eigenvalue weighted by Crippen LogP contribution is 2.34. The summed E-state index contributed by atoms with van der Waals surface area (Å²) in [4.78, 5) is 0. The minimum Gasteiger partial charge on any atom is -0.506 e. The van der Waals surface area contributed by atoms with Gasteiger partial charge in [0.2, 0.25) is 0 Å². The number of hydrogen-bond donors (Lipinski definition) is 2. The van der Waals surface area contributed by atoms with Crippen LogP contribution in [0.5, 0.6) is 5.75 Å². The van der Waals surface area contributed by atoms with Gasteiger partial charge >= 0.3 is 0 Å². The number of benzene rings is 1. The lowest BCUT2D eigenvalue weighted by atomic mass is 10.1. The van der Waals surface area contributed by atoms with Crippen molar-refractivity contribution < 1.29 is 5.11 Å². The third-order valence-electron chi connectivity index (χ3n) is 1.67. The van der Waals surface area contributed by atoms with Gasteiger partial charge in [-0.25, -0.2) is 0 Å². The molecule has 0 unspecified atom stereocenters. The van der Waals surface area contributed by atoms with E-state index < -0.39 is 6.04 Å². The smallest absolute Gasteiger partial charge is 0.139 e. The molecule has 0 aliphatic heterocycles. The van der Waals surface area contributed by atoms with Crippen LogP contribution in [0.15, 0.2) is 24.8 Å². The first-order valence-corrected chi connectivity index (χ1v) is 4.38. The number of nitrogens with two attached hydrogens (primary N) is 1. The molecule has 4 heteroatoms. The lowest BCUT2D eigenvalue weighted by Crippen LogP contribution is -2.06. The van der Waals surface area contributed by atoms with Crippen LogP contribution >= 0.6 is 23.2 Å². The van der Waals surface area contributed by atoms with Gasteiger partial charge in [-0.3, -0.25) is 0 Å². The standard InChI is InChI=1S/C9H9Cl2NO/c1-2-8(12)6-3-5(10)4-7(11)9(6)13/h2-4,8,13H,1,12H2/t8-/m1/s1. The Kier molecular flexibility index (Phi) is 3.20. The molecule has 2 nitrogen and oxygen atoms in total. The Labute approximate surface area is 86.6 Å². The molecule has 0 saturated heterocycles. The number of aromatic hydroxyl groups is 1. The van der Waals surface area contributed by atoms with Gasteiger partial charge in [0.15, 0.2) is 0 Å². The SMILES string of the molecule is C=C[C@@H](N)c1cc(Cl)cc(Cl)c1O. The van der Waals surface area contributed by atoms with Gasteiger partial charge in [0.05, 0.1) is 11.1 Å². The van der Waals surface area contributed by atoms with Gasteiger partial charge in [-0.15, -0.1) is 6.58 Å². The van der Waals surface area contributed by atoms with Gasteiger partial charge in [-0.05, 0) is 12.1 Å². The summed E-state index contributed by atoms with van der Waals surface area (Å²) in [5.41, 5.74) is 6.12. The lowest BCUT2D eigenvalue weighted by Gasteiger charge is -2.10. The molecule has 0 fully saturated rings. The van der Waals surface area contributed by atoms with Crippen LogP contribution in [0.3, 0.4) is 0 Å². The van der Waals surface area contributed by atoms with Crippen LogP contribution in [0.25, 0.3) is 0 Å². The van der Waals surface area contributed by atoms with E-state index in [2.05, 4.69) is 6.58 Å². The summed E-state index contributed by atoms with van der Waals surface area (Å²) in [7, 11) is 0. The Morgan fingerprint density at radius 3 is 2.62 bits per heavy atom. The third-order valence-corrected chi connectivity index (χ3v) is 2.18. The maximum atomic E-state index is 9.51. The molecule has 13 heavy (non-hydrogen) atoms. The summed E-state index contributed by atoms with van der Waals surface area (Å²) >= 11 is 11.4. The molecule has 0 radical (unpaired) electrons. The average Bonchev–Trinajstić information content (AvgIpc) is 2.10. The molecule has 1 aromatic carbocycles. The van der Waals surface area contributed by atoms with Crippen molar-refractivity contribution in [2.24, 2.45) is 5.73 Å². The molecule has 0 aliphatic rings. The van der Waals surface area contributed by atoms with Gasteiger partial charge in [0, 0.05) is 10.6 Å². The van der Waals surface area contributed by atoms with Crippen LogP contribution in [-0.2, 0) is 0 Å². The van der Waals surface area contributed by atoms with Crippen LogP contribution in [0, 0.1) is 0 Å². The summed E-state index contributed by atoms with van der Waals surface area (Å²) in [5.74, 6) is -0.0431. The van der Waals surface area contributed by atoms with Crippen molar-refractivity contribution in [3.63, 3.8) is 0 Å². The molecular weight excluding hydrogens is 209 g/mol. The normalized spacial score (nSPS) is 12.5. The predicted octanol–water partition coefficient (Wildman–Crippen LogP) is 2.88. The Hall–Kier alpha value is -0.700. The summed E-state index contributed by atoms with van der Waals surface area (Å²) in [6.45, 7) is 3.52. The molecular formula is C9H9Cl2NO. The van der Waals surface area contributed by atoms with Gasteiger partial charge in [-0.1, -0.05) is 29.3 Å². The number of halogens is 2. The van der Waals surface area contributed by atoms with E-state index in [1.54, 1.807) is 6.07 Å². The molecule has 3 N–H and O–H groups in total. The highest BCUT2D eigenvalue weighted by Gasteiger charge is 2.11. The van der Waals surface area contributed by atoms with E-state index in [-0.39, 0.29) is 10.8 Å². The van der Waals surface area contributed by atoms with E-state index >= 15 is 0 Å². The molecule has 0 bridgehead atoms. The van der Waals surface area contributed by atoms with Crippen LogP contribution in [-0.4, -0.2) is 5.11 Å². The number of phenolic OH excluding ortho intramolecular Hbond substituents is 1. The summed E-state index contributed by atoms with van der Waals surface area (Å²) in [6.07, 6.45) is 1.50. The van der Waals surface area contributed by atoms with Gasteiger partial charge in [0.25, 0.3) is 0 Å². The fraction of sp³-hybridized carbons (Fsp3) is 0.111. The van der Waals surface area contributed by atoms with Crippen molar-refractivity contribution in [1.29, 1.82) is 0 Å². The monoisotopic (exact) mass is 217 g/mol. The Morgan fingerprint density at radius 1 is 1.46 bits per heavy atom. The Bertz CT molecular complexity index is 339. The van der Waals surface area contributed by atoms with Gasteiger partial charge in [-0.2, -0.15) is 0 Å². The van der Waals surface area contributed by atoms with E-state index in [0.717, 1.165) is 0 Å². The highest BCUT2D eigenvalue weighted by molar-refractivity contribution is 6.35. The van der Waals surface area contributed by atoms with Crippen LogP contribution in [0.1, 0.15) is 11.6 Å². The van der Waals surface area contributed by atoms with E-state index in [0.29, 0.717) is 10.6 Å². The zero-order valence-corrected chi connectivity index (χ0v) is 8.31. The Balaban J connectivity index is 3.27. The zero-order valence-electron chi connectivity index (χ0n) is 6.80.